The second-order valence-electron chi connectivity index (χ2n) is 3.74. The van der Waals surface area contributed by atoms with E-state index in [0.29, 0.717) is 11.6 Å². The van der Waals surface area contributed by atoms with E-state index >= 15 is 0 Å². The Bertz CT molecular complexity index is 325. The van der Waals surface area contributed by atoms with Crippen molar-refractivity contribution in [2.75, 3.05) is 13.1 Å². The van der Waals surface area contributed by atoms with Crippen LogP contribution in [0, 0.1) is 0 Å². The number of hydrogen-bond acceptors (Lipinski definition) is 3. The number of halogens is 1. The number of pyridine rings is 1. The van der Waals surface area contributed by atoms with Gasteiger partial charge in [-0.25, -0.2) is 0 Å². The van der Waals surface area contributed by atoms with Gasteiger partial charge in [0.05, 0.1) is 5.56 Å². The van der Waals surface area contributed by atoms with Crippen molar-refractivity contribution in [3.63, 3.8) is 0 Å². The third kappa shape index (κ3) is 3.47. The molecule has 2 heterocycles. The van der Waals surface area contributed by atoms with E-state index in [9.17, 15) is 4.79 Å². The quantitative estimate of drug-likeness (QED) is 0.812. The third-order valence-electron chi connectivity index (χ3n) is 2.60. The highest BCUT2D eigenvalue weighted by molar-refractivity contribution is 5.93. The van der Waals surface area contributed by atoms with E-state index in [1.54, 1.807) is 24.5 Å². The van der Waals surface area contributed by atoms with Crippen LogP contribution in [-0.4, -0.2) is 30.0 Å². The van der Waals surface area contributed by atoms with Crippen molar-refractivity contribution in [2.24, 2.45) is 0 Å². The van der Waals surface area contributed by atoms with Crippen LogP contribution in [0.25, 0.3) is 0 Å². The molecular formula is C11H16ClN3O. The molecule has 1 aromatic rings. The molecule has 1 amide bonds. The Labute approximate surface area is 101 Å². The molecule has 0 atom stereocenters. The highest BCUT2D eigenvalue weighted by atomic mass is 35.5. The zero-order chi connectivity index (χ0) is 10.5. The molecule has 1 saturated heterocycles. The normalized spacial score (nSPS) is 16.2. The maximum Gasteiger partial charge on any atom is 0.253 e. The van der Waals surface area contributed by atoms with Gasteiger partial charge in [0.2, 0.25) is 0 Å². The van der Waals surface area contributed by atoms with Crippen LogP contribution in [0.2, 0.25) is 0 Å². The number of nitrogens with one attached hydrogen (secondary N) is 2. The highest BCUT2D eigenvalue weighted by Gasteiger charge is 2.15. The van der Waals surface area contributed by atoms with Crippen molar-refractivity contribution in [2.45, 2.75) is 18.9 Å². The minimum Gasteiger partial charge on any atom is -0.349 e. The zero-order valence-electron chi connectivity index (χ0n) is 8.98. The number of nitrogens with zero attached hydrogens (tertiary/aromatic N) is 1. The van der Waals surface area contributed by atoms with Crippen LogP contribution in [0.1, 0.15) is 23.2 Å². The van der Waals surface area contributed by atoms with Crippen molar-refractivity contribution in [3.05, 3.63) is 30.1 Å². The number of aromatic nitrogens is 1. The van der Waals surface area contributed by atoms with Gasteiger partial charge in [0.15, 0.2) is 0 Å². The Morgan fingerprint density at radius 2 is 2.19 bits per heavy atom. The van der Waals surface area contributed by atoms with Gasteiger partial charge in [-0.1, -0.05) is 0 Å². The molecule has 2 N–H and O–H groups in total. The monoisotopic (exact) mass is 241 g/mol. The summed E-state index contributed by atoms with van der Waals surface area (Å²) in [4.78, 5) is 15.7. The Kier molecular flexibility index (Phi) is 5.22. The third-order valence-corrected chi connectivity index (χ3v) is 2.60. The summed E-state index contributed by atoms with van der Waals surface area (Å²) >= 11 is 0. The molecule has 4 nitrogen and oxygen atoms in total. The number of rotatable bonds is 2. The highest BCUT2D eigenvalue weighted by Crippen LogP contribution is 2.04. The standard InChI is InChI=1S/C11H15N3O.ClH/c15-11(9-2-1-5-13-8-9)14-10-3-6-12-7-4-10;/h1-2,5,8,10,12H,3-4,6-7H2,(H,14,15);1H. The van der Waals surface area contributed by atoms with Gasteiger partial charge >= 0.3 is 0 Å². The van der Waals surface area contributed by atoms with Gasteiger partial charge in [-0.2, -0.15) is 0 Å². The summed E-state index contributed by atoms with van der Waals surface area (Å²) in [5, 5.41) is 6.28. The summed E-state index contributed by atoms with van der Waals surface area (Å²) in [5.74, 6) is -0.0185. The summed E-state index contributed by atoms with van der Waals surface area (Å²) in [7, 11) is 0. The molecule has 0 saturated carbocycles. The minimum atomic E-state index is -0.0185. The number of amides is 1. The lowest BCUT2D eigenvalue weighted by Crippen LogP contribution is -2.42. The largest absolute Gasteiger partial charge is 0.349 e. The smallest absolute Gasteiger partial charge is 0.253 e. The summed E-state index contributed by atoms with van der Waals surface area (Å²) in [6.45, 7) is 1.97. The molecule has 0 unspecified atom stereocenters. The number of carbonyl (C=O) groups excluding carboxylic acids is 1. The number of carbonyl (C=O) groups is 1. The molecule has 0 spiro atoms. The first-order valence-electron chi connectivity index (χ1n) is 5.28. The summed E-state index contributed by atoms with van der Waals surface area (Å²) < 4.78 is 0. The van der Waals surface area contributed by atoms with Crippen LogP contribution < -0.4 is 10.6 Å². The zero-order valence-corrected chi connectivity index (χ0v) is 9.80. The van der Waals surface area contributed by atoms with Crippen molar-refractivity contribution in [3.8, 4) is 0 Å². The van der Waals surface area contributed by atoms with E-state index in [-0.39, 0.29) is 18.3 Å². The fraction of sp³-hybridized carbons (Fsp3) is 0.455. The fourth-order valence-electron chi connectivity index (χ4n) is 1.73. The molecule has 0 aliphatic carbocycles. The van der Waals surface area contributed by atoms with Gasteiger partial charge < -0.3 is 10.6 Å². The van der Waals surface area contributed by atoms with Crippen LogP contribution in [-0.2, 0) is 0 Å². The molecule has 1 aliphatic heterocycles. The van der Waals surface area contributed by atoms with Gasteiger partial charge in [-0.3, -0.25) is 9.78 Å². The van der Waals surface area contributed by atoms with Gasteiger partial charge in [0, 0.05) is 18.4 Å². The maximum absolute atomic E-state index is 11.7. The summed E-state index contributed by atoms with van der Waals surface area (Å²) in [6, 6.07) is 3.86. The first kappa shape index (κ1) is 12.9. The maximum atomic E-state index is 11.7. The average Bonchev–Trinajstić information content (AvgIpc) is 2.31. The SMILES string of the molecule is Cl.O=C(NC1CCNCC1)c1cccnc1. The molecule has 1 aliphatic rings. The lowest BCUT2D eigenvalue weighted by Gasteiger charge is -2.23. The lowest BCUT2D eigenvalue weighted by molar-refractivity contribution is 0.0929. The van der Waals surface area contributed by atoms with E-state index in [4.69, 9.17) is 0 Å². The van der Waals surface area contributed by atoms with Crippen LogP contribution in [0.4, 0.5) is 0 Å². The van der Waals surface area contributed by atoms with Crippen molar-refractivity contribution >= 4 is 18.3 Å². The second-order valence-corrected chi connectivity index (χ2v) is 3.74. The average molecular weight is 242 g/mol. The van der Waals surface area contributed by atoms with E-state index in [0.717, 1.165) is 25.9 Å². The van der Waals surface area contributed by atoms with Crippen molar-refractivity contribution < 1.29 is 4.79 Å². The van der Waals surface area contributed by atoms with Crippen LogP contribution >= 0.6 is 12.4 Å². The molecular weight excluding hydrogens is 226 g/mol. The van der Waals surface area contributed by atoms with Crippen molar-refractivity contribution in [1.82, 2.24) is 15.6 Å². The molecule has 0 aromatic carbocycles. The molecule has 0 bridgehead atoms. The van der Waals surface area contributed by atoms with E-state index in [2.05, 4.69) is 15.6 Å². The molecule has 0 radical (unpaired) electrons. The first-order chi connectivity index (χ1) is 7.36. The van der Waals surface area contributed by atoms with E-state index in [1.165, 1.54) is 0 Å². The molecule has 16 heavy (non-hydrogen) atoms. The molecule has 1 fully saturated rings. The Hall–Kier alpha value is -1.13. The fourth-order valence-corrected chi connectivity index (χ4v) is 1.73. The first-order valence-corrected chi connectivity index (χ1v) is 5.28. The van der Waals surface area contributed by atoms with Gasteiger partial charge in [-0.05, 0) is 38.1 Å². The lowest BCUT2D eigenvalue weighted by atomic mass is 10.1. The van der Waals surface area contributed by atoms with Crippen LogP contribution in [0.3, 0.4) is 0 Å². The Morgan fingerprint density at radius 1 is 1.44 bits per heavy atom. The number of piperidine rings is 1. The van der Waals surface area contributed by atoms with Crippen molar-refractivity contribution in [1.29, 1.82) is 0 Å². The van der Waals surface area contributed by atoms with E-state index < -0.39 is 0 Å². The Morgan fingerprint density at radius 3 is 2.81 bits per heavy atom. The number of hydrogen-bond donors (Lipinski definition) is 2. The second kappa shape index (κ2) is 6.45. The molecule has 88 valence electrons. The van der Waals surface area contributed by atoms with Crippen LogP contribution in [0.15, 0.2) is 24.5 Å². The van der Waals surface area contributed by atoms with E-state index in [1.807, 2.05) is 0 Å². The summed E-state index contributed by atoms with van der Waals surface area (Å²) in [5.41, 5.74) is 0.635. The molecule has 5 heteroatoms. The topological polar surface area (TPSA) is 54.0 Å². The minimum absolute atomic E-state index is 0. The van der Waals surface area contributed by atoms with Gasteiger partial charge in [0.25, 0.3) is 5.91 Å². The predicted octanol–water partition coefficient (Wildman–Crippen LogP) is 0.985. The molecule has 2 rings (SSSR count). The van der Waals surface area contributed by atoms with Gasteiger partial charge in [0.1, 0.15) is 0 Å². The Balaban J connectivity index is 0.00000128. The molecule has 1 aromatic heterocycles. The van der Waals surface area contributed by atoms with Crippen LogP contribution in [0.5, 0.6) is 0 Å². The predicted molar refractivity (Wildman–Crippen MR) is 64.8 cm³/mol. The summed E-state index contributed by atoms with van der Waals surface area (Å²) in [6.07, 6.45) is 5.27. The van der Waals surface area contributed by atoms with Gasteiger partial charge in [-0.15, -0.1) is 12.4 Å².